The van der Waals surface area contributed by atoms with Crippen molar-refractivity contribution in [1.82, 2.24) is 20.2 Å². The van der Waals surface area contributed by atoms with Crippen molar-refractivity contribution in [1.29, 1.82) is 0 Å². The first-order valence-electron chi connectivity index (χ1n) is 4.11. The van der Waals surface area contributed by atoms with Gasteiger partial charge in [0.15, 0.2) is 5.82 Å². The molecular weight excluding hydrogens is 246 g/mol. The summed E-state index contributed by atoms with van der Waals surface area (Å²) in [5.41, 5.74) is 0.914. The van der Waals surface area contributed by atoms with Crippen LogP contribution in [-0.4, -0.2) is 34.3 Å². The molecule has 0 aliphatic rings. The van der Waals surface area contributed by atoms with Crippen molar-refractivity contribution >= 4 is 21.9 Å². The molecule has 0 aromatic carbocycles. The Balaban J connectivity index is 2.33. The van der Waals surface area contributed by atoms with Crippen LogP contribution in [0.5, 0.6) is 0 Å². The van der Waals surface area contributed by atoms with Gasteiger partial charge in [-0.05, 0) is 22.0 Å². The monoisotopic (exact) mass is 255 g/mol. The van der Waals surface area contributed by atoms with Gasteiger partial charge in [-0.2, -0.15) is 4.98 Å². The molecule has 2 N–H and O–H groups in total. The maximum absolute atomic E-state index is 4.30. The fourth-order valence-electron chi connectivity index (χ4n) is 1.08. The zero-order valence-corrected chi connectivity index (χ0v) is 9.46. The maximum atomic E-state index is 4.30. The Morgan fingerprint density at radius 3 is 2.71 bits per heavy atom. The SMILES string of the molecule is CN(C)c1n[nH]c(-c2cc(Br)c[nH]2)n1. The Labute approximate surface area is 89.7 Å². The van der Waals surface area contributed by atoms with Crippen LogP contribution in [0.15, 0.2) is 16.7 Å². The minimum atomic E-state index is 0.672. The fraction of sp³-hybridized carbons (Fsp3) is 0.250. The van der Waals surface area contributed by atoms with E-state index in [0.717, 1.165) is 16.0 Å². The van der Waals surface area contributed by atoms with Crippen LogP contribution in [-0.2, 0) is 0 Å². The molecule has 0 saturated carbocycles. The van der Waals surface area contributed by atoms with Crippen LogP contribution in [0.3, 0.4) is 0 Å². The predicted molar refractivity (Wildman–Crippen MR) is 58.2 cm³/mol. The minimum Gasteiger partial charge on any atom is -0.358 e. The Morgan fingerprint density at radius 2 is 2.21 bits per heavy atom. The smallest absolute Gasteiger partial charge is 0.244 e. The number of hydrogen-bond donors (Lipinski definition) is 2. The molecule has 0 radical (unpaired) electrons. The number of halogens is 1. The highest BCUT2D eigenvalue weighted by atomic mass is 79.9. The lowest BCUT2D eigenvalue weighted by atomic mass is 10.4. The Hall–Kier alpha value is -1.30. The summed E-state index contributed by atoms with van der Waals surface area (Å²) in [5.74, 6) is 1.41. The second kappa shape index (κ2) is 3.45. The third kappa shape index (κ3) is 1.65. The maximum Gasteiger partial charge on any atom is 0.244 e. The molecule has 74 valence electrons. The van der Waals surface area contributed by atoms with E-state index < -0.39 is 0 Å². The zero-order chi connectivity index (χ0) is 10.1. The average Bonchev–Trinajstić information content (AvgIpc) is 2.70. The molecule has 2 aromatic rings. The molecule has 2 heterocycles. The number of aromatic amines is 2. The van der Waals surface area contributed by atoms with E-state index in [1.165, 1.54) is 0 Å². The number of nitrogens with zero attached hydrogens (tertiary/aromatic N) is 3. The molecular formula is C8H10BrN5. The average molecular weight is 256 g/mol. The molecule has 0 unspecified atom stereocenters. The third-order valence-corrected chi connectivity index (χ3v) is 2.23. The molecule has 5 nitrogen and oxygen atoms in total. The second-order valence-electron chi connectivity index (χ2n) is 3.11. The topological polar surface area (TPSA) is 60.6 Å². The van der Waals surface area contributed by atoms with Gasteiger partial charge in [-0.3, -0.25) is 5.10 Å². The quantitative estimate of drug-likeness (QED) is 0.858. The lowest BCUT2D eigenvalue weighted by molar-refractivity contribution is 0.999. The normalized spacial score (nSPS) is 10.5. The highest BCUT2D eigenvalue weighted by Gasteiger charge is 2.07. The van der Waals surface area contributed by atoms with Crippen LogP contribution in [0.1, 0.15) is 0 Å². The highest BCUT2D eigenvalue weighted by Crippen LogP contribution is 2.19. The summed E-state index contributed by atoms with van der Waals surface area (Å²) in [7, 11) is 3.80. The third-order valence-electron chi connectivity index (χ3n) is 1.78. The van der Waals surface area contributed by atoms with Crippen molar-refractivity contribution in [3.05, 3.63) is 16.7 Å². The van der Waals surface area contributed by atoms with Gasteiger partial charge in [-0.25, -0.2) is 0 Å². The summed E-state index contributed by atoms with van der Waals surface area (Å²) in [5, 5.41) is 6.92. The van der Waals surface area contributed by atoms with Crippen LogP contribution in [0.25, 0.3) is 11.5 Å². The van der Waals surface area contributed by atoms with Gasteiger partial charge in [-0.15, -0.1) is 5.10 Å². The number of nitrogens with one attached hydrogen (secondary N) is 2. The summed E-state index contributed by atoms with van der Waals surface area (Å²) in [6.07, 6.45) is 1.85. The van der Waals surface area contributed by atoms with E-state index >= 15 is 0 Å². The van der Waals surface area contributed by atoms with Crippen LogP contribution < -0.4 is 4.90 Å². The van der Waals surface area contributed by atoms with Gasteiger partial charge >= 0.3 is 0 Å². The standard InChI is InChI=1S/C8H10BrN5/c1-14(2)8-11-7(12-13-8)6-3-5(9)4-10-6/h3-4,10H,1-2H3,(H,11,12,13). The molecule has 0 amide bonds. The van der Waals surface area contributed by atoms with E-state index in [4.69, 9.17) is 0 Å². The van der Waals surface area contributed by atoms with E-state index in [1.54, 1.807) is 0 Å². The summed E-state index contributed by atoms with van der Waals surface area (Å²) in [4.78, 5) is 9.22. The summed E-state index contributed by atoms with van der Waals surface area (Å²) in [6.45, 7) is 0. The van der Waals surface area contributed by atoms with Gasteiger partial charge in [0.1, 0.15) is 0 Å². The number of H-pyrrole nitrogens is 2. The molecule has 0 atom stereocenters. The van der Waals surface area contributed by atoms with Gasteiger partial charge in [0, 0.05) is 24.8 Å². The second-order valence-corrected chi connectivity index (χ2v) is 4.03. The van der Waals surface area contributed by atoms with E-state index in [1.807, 2.05) is 31.3 Å². The van der Waals surface area contributed by atoms with E-state index in [9.17, 15) is 0 Å². The van der Waals surface area contributed by atoms with Crippen LogP contribution >= 0.6 is 15.9 Å². The van der Waals surface area contributed by atoms with Gasteiger partial charge in [0.2, 0.25) is 5.95 Å². The van der Waals surface area contributed by atoms with Crippen LogP contribution in [0.2, 0.25) is 0 Å². The van der Waals surface area contributed by atoms with Gasteiger partial charge in [0.05, 0.1) is 5.69 Å². The molecule has 0 spiro atoms. The van der Waals surface area contributed by atoms with Gasteiger partial charge in [-0.1, -0.05) is 0 Å². The van der Waals surface area contributed by atoms with Crippen molar-refractivity contribution in [2.45, 2.75) is 0 Å². The first-order chi connectivity index (χ1) is 6.66. The van der Waals surface area contributed by atoms with Crippen molar-refractivity contribution < 1.29 is 0 Å². The first kappa shape index (κ1) is 9.26. The van der Waals surface area contributed by atoms with E-state index in [2.05, 4.69) is 36.1 Å². The molecule has 14 heavy (non-hydrogen) atoms. The van der Waals surface area contributed by atoms with Crippen molar-refractivity contribution in [3.63, 3.8) is 0 Å². The number of anilines is 1. The Kier molecular flexibility index (Phi) is 2.28. The van der Waals surface area contributed by atoms with E-state index in [-0.39, 0.29) is 0 Å². The first-order valence-corrected chi connectivity index (χ1v) is 4.90. The molecule has 0 aliphatic carbocycles. The van der Waals surface area contributed by atoms with Crippen LogP contribution in [0, 0.1) is 0 Å². The molecule has 0 bridgehead atoms. The molecule has 2 rings (SSSR count). The summed E-state index contributed by atoms with van der Waals surface area (Å²) >= 11 is 3.36. The number of rotatable bonds is 2. The lowest BCUT2D eigenvalue weighted by Crippen LogP contribution is -2.10. The number of aromatic nitrogens is 4. The predicted octanol–water partition coefficient (Wildman–Crippen LogP) is 1.63. The molecule has 6 heteroatoms. The lowest BCUT2D eigenvalue weighted by Gasteiger charge is -2.03. The minimum absolute atomic E-state index is 0.672. The van der Waals surface area contributed by atoms with Gasteiger partial charge in [0.25, 0.3) is 0 Å². The highest BCUT2D eigenvalue weighted by molar-refractivity contribution is 9.10. The van der Waals surface area contributed by atoms with E-state index in [0.29, 0.717) is 5.95 Å². The zero-order valence-electron chi connectivity index (χ0n) is 7.87. The van der Waals surface area contributed by atoms with Crippen molar-refractivity contribution in [3.8, 4) is 11.5 Å². The molecule has 0 aliphatic heterocycles. The summed E-state index contributed by atoms with van der Waals surface area (Å²) < 4.78 is 0.996. The molecule has 0 fully saturated rings. The van der Waals surface area contributed by atoms with Crippen molar-refractivity contribution in [2.24, 2.45) is 0 Å². The molecule has 0 saturated heterocycles. The Bertz CT molecular complexity index is 430. The van der Waals surface area contributed by atoms with Crippen molar-refractivity contribution in [2.75, 3.05) is 19.0 Å². The van der Waals surface area contributed by atoms with Gasteiger partial charge < -0.3 is 9.88 Å². The Morgan fingerprint density at radius 1 is 1.43 bits per heavy atom. The largest absolute Gasteiger partial charge is 0.358 e. The fourth-order valence-corrected chi connectivity index (χ4v) is 1.42. The van der Waals surface area contributed by atoms with Crippen LogP contribution in [0.4, 0.5) is 5.95 Å². The summed E-state index contributed by atoms with van der Waals surface area (Å²) in [6, 6.07) is 1.94. The number of hydrogen-bond acceptors (Lipinski definition) is 3. The molecule has 2 aromatic heterocycles.